The molecule has 1 heterocycles. The second-order valence-electron chi connectivity index (χ2n) is 4.55. The number of aliphatic imine (C=N–C) groups is 1. The van der Waals surface area contributed by atoms with E-state index in [1.165, 1.54) is 24.5 Å². The summed E-state index contributed by atoms with van der Waals surface area (Å²) in [5, 5.41) is 0.105. The smallest absolute Gasteiger partial charge is 0.442 e. The summed E-state index contributed by atoms with van der Waals surface area (Å²) in [4.78, 5) is 23.1. The lowest BCUT2D eigenvalue weighted by Crippen LogP contribution is -2.45. The number of halogens is 3. The van der Waals surface area contributed by atoms with Gasteiger partial charge in [-0.1, -0.05) is 35.4 Å². The van der Waals surface area contributed by atoms with Crippen LogP contribution < -0.4 is 10.6 Å². The highest BCUT2D eigenvalue weighted by Crippen LogP contribution is 2.17. The van der Waals surface area contributed by atoms with Crippen LogP contribution in [-0.2, 0) is 11.3 Å². The molecular formula is C15H13F3N4O3. The summed E-state index contributed by atoms with van der Waals surface area (Å²) in [5.41, 5.74) is 5.86. The van der Waals surface area contributed by atoms with Crippen molar-refractivity contribution in [1.82, 2.24) is 10.0 Å². The van der Waals surface area contributed by atoms with E-state index in [0.29, 0.717) is 5.56 Å². The second-order valence-corrected chi connectivity index (χ2v) is 4.55. The van der Waals surface area contributed by atoms with Gasteiger partial charge < -0.3 is 15.3 Å². The van der Waals surface area contributed by atoms with E-state index in [1.807, 2.05) is 0 Å². The molecule has 0 aliphatic heterocycles. The van der Waals surface area contributed by atoms with Gasteiger partial charge in [0, 0.05) is 6.20 Å². The van der Waals surface area contributed by atoms with Gasteiger partial charge in [0.15, 0.2) is 5.75 Å². The van der Waals surface area contributed by atoms with Crippen molar-refractivity contribution in [2.45, 2.75) is 12.9 Å². The molecule has 7 nitrogen and oxygen atoms in total. The molecule has 0 atom stereocenters. The zero-order valence-electron chi connectivity index (χ0n) is 12.7. The number of aromatic nitrogens is 1. The van der Waals surface area contributed by atoms with E-state index in [2.05, 4.69) is 9.98 Å². The van der Waals surface area contributed by atoms with Crippen LogP contribution in [0, 0.1) is 0 Å². The first kappa shape index (κ1) is 18.0. The van der Waals surface area contributed by atoms with Crippen molar-refractivity contribution in [3.63, 3.8) is 0 Å². The number of ether oxygens (including phenoxy) is 1. The van der Waals surface area contributed by atoms with Crippen LogP contribution in [0.3, 0.4) is 0 Å². The number of nitrogens with zero attached hydrogens (tertiary/aromatic N) is 3. The van der Waals surface area contributed by atoms with E-state index in [1.54, 1.807) is 30.3 Å². The third-order valence-electron chi connectivity index (χ3n) is 2.65. The average Bonchev–Trinajstić information content (AvgIpc) is 2.58. The number of hydroxylamine groups is 2. The van der Waals surface area contributed by atoms with Crippen molar-refractivity contribution < 1.29 is 27.5 Å². The molecule has 10 heteroatoms. The highest BCUT2D eigenvalue weighted by atomic mass is 19.4. The fourth-order valence-corrected chi connectivity index (χ4v) is 1.64. The van der Waals surface area contributed by atoms with Crippen LogP contribution in [0.4, 0.5) is 18.0 Å². The van der Waals surface area contributed by atoms with Crippen molar-refractivity contribution in [2.75, 3.05) is 0 Å². The minimum absolute atomic E-state index is 0.0283. The Balaban J connectivity index is 2.15. The van der Waals surface area contributed by atoms with Gasteiger partial charge in [-0.15, -0.1) is 18.2 Å². The molecule has 0 spiro atoms. The molecule has 2 aromatic rings. The van der Waals surface area contributed by atoms with Crippen LogP contribution >= 0.6 is 0 Å². The summed E-state index contributed by atoms with van der Waals surface area (Å²) in [6, 6.07) is 11.4. The SMILES string of the molecule is N/C(=N\C(F)(F)F)N(Oc1cccnc1)C(=O)OCc1ccccc1. The number of carbonyl (C=O) groups is 1. The van der Waals surface area contributed by atoms with Crippen LogP contribution in [0.2, 0.25) is 0 Å². The first-order chi connectivity index (χ1) is 11.8. The van der Waals surface area contributed by atoms with E-state index in [0.717, 1.165) is 0 Å². The van der Waals surface area contributed by atoms with Crippen LogP contribution in [0.5, 0.6) is 5.75 Å². The maximum Gasteiger partial charge on any atom is 0.506 e. The largest absolute Gasteiger partial charge is 0.506 e. The zero-order valence-corrected chi connectivity index (χ0v) is 12.7. The van der Waals surface area contributed by atoms with Crippen molar-refractivity contribution in [3.05, 3.63) is 60.4 Å². The Hall–Kier alpha value is -3.30. The first-order valence-electron chi connectivity index (χ1n) is 6.86. The Labute approximate surface area is 140 Å². The van der Waals surface area contributed by atoms with E-state index < -0.39 is 18.4 Å². The molecule has 0 saturated heterocycles. The summed E-state index contributed by atoms with van der Waals surface area (Å²) in [5.74, 6) is -1.26. The highest BCUT2D eigenvalue weighted by Gasteiger charge is 2.31. The van der Waals surface area contributed by atoms with Gasteiger partial charge in [0.25, 0.3) is 0 Å². The molecule has 0 aliphatic carbocycles. The van der Waals surface area contributed by atoms with E-state index in [4.69, 9.17) is 15.3 Å². The monoisotopic (exact) mass is 354 g/mol. The molecule has 2 rings (SSSR count). The lowest BCUT2D eigenvalue weighted by molar-refractivity contribution is -0.121. The van der Waals surface area contributed by atoms with Gasteiger partial charge in [0.2, 0.25) is 5.96 Å². The Bertz CT molecular complexity index is 724. The topological polar surface area (TPSA) is 90.0 Å². The third kappa shape index (κ3) is 6.01. The molecule has 0 aliphatic rings. The van der Waals surface area contributed by atoms with E-state index in [9.17, 15) is 18.0 Å². The standard InChI is InChI=1S/C15H13F3N4O3/c16-15(17,18)21-13(19)22(25-12-7-4-8-20-9-12)14(23)24-10-11-5-2-1-3-6-11/h1-9H,10H2,(H2,19,21). The number of carbonyl (C=O) groups excluding carboxylic acids is 1. The van der Waals surface area contributed by atoms with Crippen LogP contribution in [0.1, 0.15) is 5.56 Å². The number of alkyl halides is 3. The number of hydrogen-bond donors (Lipinski definition) is 1. The Morgan fingerprint density at radius 2 is 1.92 bits per heavy atom. The summed E-state index contributed by atoms with van der Waals surface area (Å²) in [6.07, 6.45) is -3.66. The molecule has 0 fully saturated rings. The Morgan fingerprint density at radius 3 is 2.52 bits per heavy atom. The van der Waals surface area contributed by atoms with Crippen LogP contribution in [0.25, 0.3) is 0 Å². The fourth-order valence-electron chi connectivity index (χ4n) is 1.64. The van der Waals surface area contributed by atoms with Gasteiger partial charge in [-0.05, 0) is 17.7 Å². The van der Waals surface area contributed by atoms with E-state index in [-0.39, 0.29) is 17.4 Å². The maximum atomic E-state index is 12.4. The third-order valence-corrected chi connectivity index (χ3v) is 2.65. The van der Waals surface area contributed by atoms with Crippen molar-refractivity contribution >= 4 is 12.1 Å². The maximum absolute atomic E-state index is 12.4. The minimum Gasteiger partial charge on any atom is -0.442 e. The summed E-state index contributed by atoms with van der Waals surface area (Å²) in [6.45, 7) is -0.189. The number of nitrogens with two attached hydrogens (primary N) is 1. The normalized spacial score (nSPS) is 11.7. The molecule has 0 radical (unpaired) electrons. The number of amides is 1. The van der Waals surface area contributed by atoms with Crippen molar-refractivity contribution in [2.24, 2.45) is 10.7 Å². The van der Waals surface area contributed by atoms with Crippen LogP contribution in [0.15, 0.2) is 59.9 Å². The zero-order chi connectivity index (χ0) is 18.3. The van der Waals surface area contributed by atoms with Crippen LogP contribution in [-0.4, -0.2) is 28.4 Å². The van der Waals surface area contributed by atoms with Gasteiger partial charge in [-0.3, -0.25) is 4.98 Å². The van der Waals surface area contributed by atoms with Crippen molar-refractivity contribution in [1.29, 1.82) is 0 Å². The average molecular weight is 354 g/mol. The molecule has 25 heavy (non-hydrogen) atoms. The summed E-state index contributed by atoms with van der Waals surface area (Å²) < 4.78 is 42.1. The molecular weight excluding hydrogens is 341 g/mol. The predicted molar refractivity (Wildman–Crippen MR) is 81.0 cm³/mol. The molecule has 0 saturated carbocycles. The number of pyridine rings is 1. The molecule has 1 aromatic carbocycles. The van der Waals surface area contributed by atoms with Gasteiger partial charge in [0.05, 0.1) is 6.20 Å². The van der Waals surface area contributed by atoms with Gasteiger partial charge >= 0.3 is 12.4 Å². The van der Waals surface area contributed by atoms with Gasteiger partial charge in [-0.2, -0.15) is 0 Å². The van der Waals surface area contributed by atoms with Gasteiger partial charge in [0.1, 0.15) is 6.61 Å². The lowest BCUT2D eigenvalue weighted by Gasteiger charge is -2.20. The first-order valence-corrected chi connectivity index (χ1v) is 6.86. The molecule has 0 bridgehead atoms. The molecule has 0 unspecified atom stereocenters. The fraction of sp³-hybridized carbons (Fsp3) is 0.133. The number of rotatable bonds is 4. The Kier molecular flexibility index (Phi) is 5.77. The quantitative estimate of drug-likeness (QED) is 0.395. The van der Waals surface area contributed by atoms with Crippen molar-refractivity contribution in [3.8, 4) is 5.75 Å². The number of hydrogen-bond acceptors (Lipinski definition) is 5. The van der Waals surface area contributed by atoms with Gasteiger partial charge in [-0.25, -0.2) is 4.79 Å². The van der Waals surface area contributed by atoms with E-state index >= 15 is 0 Å². The second kappa shape index (κ2) is 7.99. The number of guanidine groups is 1. The Morgan fingerprint density at radius 1 is 1.20 bits per heavy atom. The lowest BCUT2D eigenvalue weighted by atomic mass is 10.2. The molecule has 132 valence electrons. The summed E-state index contributed by atoms with van der Waals surface area (Å²) in [7, 11) is 0. The molecule has 1 aromatic heterocycles. The number of benzene rings is 1. The molecule has 2 N–H and O–H groups in total. The summed E-state index contributed by atoms with van der Waals surface area (Å²) >= 11 is 0. The minimum atomic E-state index is -4.99. The molecule has 1 amide bonds. The predicted octanol–water partition coefficient (Wildman–Crippen LogP) is 2.85. The highest BCUT2D eigenvalue weighted by molar-refractivity contribution is 5.92.